The molecule has 17 heavy (non-hydrogen) atoms. The smallest absolute Gasteiger partial charge is 0.221 e. The third-order valence-corrected chi connectivity index (χ3v) is 2.47. The lowest BCUT2D eigenvalue weighted by atomic mass is 10.3. The molecular weight excluding hydrogens is 222 g/mol. The summed E-state index contributed by atoms with van der Waals surface area (Å²) in [4.78, 5) is 12.9. The third kappa shape index (κ3) is 10.2. The van der Waals surface area contributed by atoms with E-state index >= 15 is 0 Å². The lowest BCUT2D eigenvalue weighted by Gasteiger charge is -2.19. The van der Waals surface area contributed by atoms with Crippen molar-refractivity contribution in [1.82, 2.24) is 15.5 Å². The summed E-state index contributed by atoms with van der Waals surface area (Å²) in [6.07, 6.45) is 1.43. The van der Waals surface area contributed by atoms with Crippen LogP contribution in [0.25, 0.3) is 0 Å². The first kappa shape index (κ1) is 16.3. The second-order valence-electron chi connectivity index (χ2n) is 3.82. The van der Waals surface area contributed by atoms with Gasteiger partial charge in [-0.3, -0.25) is 9.69 Å². The molecular formula is C11H25N3O3. The van der Waals surface area contributed by atoms with Gasteiger partial charge in [-0.05, 0) is 19.5 Å². The van der Waals surface area contributed by atoms with Crippen LogP contribution in [-0.4, -0.2) is 74.0 Å². The molecule has 0 radical (unpaired) electrons. The minimum Gasteiger partial charge on any atom is -0.395 e. The van der Waals surface area contributed by atoms with E-state index in [-0.39, 0.29) is 19.1 Å². The van der Waals surface area contributed by atoms with Crippen LogP contribution in [0.2, 0.25) is 0 Å². The summed E-state index contributed by atoms with van der Waals surface area (Å²) in [7, 11) is 1.63. The van der Waals surface area contributed by atoms with E-state index in [2.05, 4.69) is 10.6 Å². The lowest BCUT2D eigenvalue weighted by Crippen LogP contribution is -2.33. The van der Waals surface area contributed by atoms with Crippen molar-refractivity contribution < 1.29 is 15.0 Å². The highest BCUT2D eigenvalue weighted by atomic mass is 16.3. The van der Waals surface area contributed by atoms with Crippen LogP contribution >= 0.6 is 0 Å². The van der Waals surface area contributed by atoms with Crippen LogP contribution in [0.4, 0.5) is 0 Å². The van der Waals surface area contributed by atoms with E-state index < -0.39 is 0 Å². The fourth-order valence-corrected chi connectivity index (χ4v) is 1.50. The summed E-state index contributed by atoms with van der Waals surface area (Å²) < 4.78 is 0. The van der Waals surface area contributed by atoms with E-state index in [1.54, 1.807) is 7.05 Å². The van der Waals surface area contributed by atoms with E-state index in [1.165, 1.54) is 0 Å². The number of hydrogen-bond acceptors (Lipinski definition) is 5. The Kier molecular flexibility index (Phi) is 11.3. The number of hydrogen-bond donors (Lipinski definition) is 4. The Hall–Kier alpha value is -0.690. The predicted octanol–water partition coefficient (Wildman–Crippen LogP) is -1.61. The van der Waals surface area contributed by atoms with Gasteiger partial charge in [0.1, 0.15) is 0 Å². The number of amides is 1. The molecule has 0 fully saturated rings. The maximum atomic E-state index is 10.9. The predicted molar refractivity (Wildman–Crippen MR) is 66.8 cm³/mol. The summed E-state index contributed by atoms with van der Waals surface area (Å²) in [5.41, 5.74) is 0. The van der Waals surface area contributed by atoms with Gasteiger partial charge in [0.15, 0.2) is 0 Å². The zero-order chi connectivity index (χ0) is 12.9. The standard InChI is InChI=1S/C11H25N3O3/c1-12-11(17)3-5-13-4-2-6-14(7-9-15)8-10-16/h13,15-16H,2-10H2,1H3,(H,12,17). The molecule has 0 spiro atoms. The van der Waals surface area contributed by atoms with E-state index in [4.69, 9.17) is 10.2 Å². The van der Waals surface area contributed by atoms with Crippen LogP contribution in [0.3, 0.4) is 0 Å². The van der Waals surface area contributed by atoms with E-state index in [0.29, 0.717) is 26.1 Å². The van der Waals surface area contributed by atoms with Crippen molar-refractivity contribution in [2.75, 3.05) is 53.0 Å². The number of carbonyl (C=O) groups excluding carboxylic acids is 1. The molecule has 6 nitrogen and oxygen atoms in total. The molecule has 0 aliphatic carbocycles. The fraction of sp³-hybridized carbons (Fsp3) is 0.909. The summed E-state index contributed by atoms with van der Waals surface area (Å²) in [6.45, 7) is 3.78. The second-order valence-corrected chi connectivity index (χ2v) is 3.82. The zero-order valence-corrected chi connectivity index (χ0v) is 10.6. The Morgan fingerprint density at radius 1 is 1.12 bits per heavy atom. The third-order valence-electron chi connectivity index (χ3n) is 2.47. The molecule has 4 N–H and O–H groups in total. The number of aliphatic hydroxyl groups excluding tert-OH is 2. The van der Waals surface area contributed by atoms with Gasteiger partial charge in [0.05, 0.1) is 13.2 Å². The molecule has 6 heteroatoms. The molecule has 0 aliphatic rings. The maximum absolute atomic E-state index is 10.9. The molecule has 0 unspecified atom stereocenters. The normalized spacial score (nSPS) is 10.8. The van der Waals surface area contributed by atoms with Gasteiger partial charge in [-0.2, -0.15) is 0 Å². The van der Waals surface area contributed by atoms with Gasteiger partial charge in [0.25, 0.3) is 0 Å². The van der Waals surface area contributed by atoms with Crippen LogP contribution in [0.1, 0.15) is 12.8 Å². The van der Waals surface area contributed by atoms with Crippen molar-refractivity contribution in [1.29, 1.82) is 0 Å². The van der Waals surface area contributed by atoms with Crippen molar-refractivity contribution in [3.63, 3.8) is 0 Å². The Morgan fingerprint density at radius 2 is 1.76 bits per heavy atom. The summed E-state index contributed by atoms with van der Waals surface area (Å²) in [6, 6.07) is 0. The molecule has 0 aromatic heterocycles. The van der Waals surface area contributed by atoms with Gasteiger partial charge in [-0.1, -0.05) is 0 Å². The zero-order valence-electron chi connectivity index (χ0n) is 10.6. The first-order chi connectivity index (χ1) is 8.24. The highest BCUT2D eigenvalue weighted by Gasteiger charge is 2.02. The molecule has 0 aromatic rings. The van der Waals surface area contributed by atoms with E-state index in [0.717, 1.165) is 19.5 Å². The van der Waals surface area contributed by atoms with Crippen LogP contribution in [0.15, 0.2) is 0 Å². The molecule has 0 saturated heterocycles. The Bertz CT molecular complexity index is 185. The molecule has 0 aromatic carbocycles. The summed E-state index contributed by atoms with van der Waals surface area (Å²) in [5, 5.41) is 23.4. The van der Waals surface area contributed by atoms with E-state index in [1.807, 2.05) is 4.90 Å². The van der Waals surface area contributed by atoms with Crippen LogP contribution in [0.5, 0.6) is 0 Å². The van der Waals surface area contributed by atoms with Crippen molar-refractivity contribution >= 4 is 5.91 Å². The molecule has 0 heterocycles. The molecule has 0 atom stereocenters. The lowest BCUT2D eigenvalue weighted by molar-refractivity contribution is -0.120. The molecule has 0 rings (SSSR count). The highest BCUT2D eigenvalue weighted by Crippen LogP contribution is 1.90. The van der Waals surface area contributed by atoms with Gasteiger partial charge in [-0.25, -0.2) is 0 Å². The SMILES string of the molecule is CNC(=O)CCNCCCN(CCO)CCO. The van der Waals surface area contributed by atoms with Crippen LogP contribution in [-0.2, 0) is 4.79 Å². The number of rotatable bonds is 11. The van der Waals surface area contributed by atoms with Crippen molar-refractivity contribution in [3.05, 3.63) is 0 Å². The van der Waals surface area contributed by atoms with Gasteiger partial charge < -0.3 is 20.8 Å². The average Bonchev–Trinajstić information content (AvgIpc) is 2.33. The fourth-order valence-electron chi connectivity index (χ4n) is 1.50. The van der Waals surface area contributed by atoms with Crippen molar-refractivity contribution in [3.8, 4) is 0 Å². The van der Waals surface area contributed by atoms with Crippen molar-refractivity contribution in [2.24, 2.45) is 0 Å². The van der Waals surface area contributed by atoms with Gasteiger partial charge >= 0.3 is 0 Å². The van der Waals surface area contributed by atoms with Crippen LogP contribution in [0, 0.1) is 0 Å². The minimum absolute atomic E-state index is 0.0414. The first-order valence-electron chi connectivity index (χ1n) is 6.10. The molecule has 102 valence electrons. The Balaban J connectivity index is 3.38. The Labute approximate surface area is 103 Å². The number of carbonyl (C=O) groups is 1. The molecule has 0 aliphatic heterocycles. The van der Waals surface area contributed by atoms with Gasteiger partial charge in [-0.15, -0.1) is 0 Å². The number of nitrogens with one attached hydrogen (secondary N) is 2. The van der Waals surface area contributed by atoms with Crippen molar-refractivity contribution in [2.45, 2.75) is 12.8 Å². The average molecular weight is 247 g/mol. The highest BCUT2D eigenvalue weighted by molar-refractivity contribution is 5.75. The number of aliphatic hydroxyl groups is 2. The number of nitrogens with zero attached hydrogens (tertiary/aromatic N) is 1. The largest absolute Gasteiger partial charge is 0.395 e. The molecule has 0 saturated carbocycles. The summed E-state index contributed by atoms with van der Waals surface area (Å²) in [5.74, 6) is 0.0414. The molecule has 1 amide bonds. The van der Waals surface area contributed by atoms with Crippen LogP contribution < -0.4 is 10.6 Å². The monoisotopic (exact) mass is 247 g/mol. The maximum Gasteiger partial charge on any atom is 0.221 e. The van der Waals surface area contributed by atoms with Gasteiger partial charge in [0.2, 0.25) is 5.91 Å². The minimum atomic E-state index is 0.0414. The molecule has 0 bridgehead atoms. The first-order valence-corrected chi connectivity index (χ1v) is 6.10. The summed E-state index contributed by atoms with van der Waals surface area (Å²) >= 11 is 0. The quantitative estimate of drug-likeness (QED) is 0.330. The van der Waals surface area contributed by atoms with E-state index in [9.17, 15) is 4.79 Å². The van der Waals surface area contributed by atoms with Gasteiger partial charge in [0, 0.05) is 33.1 Å². The second kappa shape index (κ2) is 11.8. The Morgan fingerprint density at radius 3 is 2.29 bits per heavy atom. The topological polar surface area (TPSA) is 84.8 Å².